The van der Waals surface area contributed by atoms with Crippen molar-refractivity contribution < 1.29 is 9.53 Å². The van der Waals surface area contributed by atoms with Gasteiger partial charge in [0.25, 0.3) is 0 Å². The van der Waals surface area contributed by atoms with Crippen LogP contribution in [0.15, 0.2) is 53.7 Å². The summed E-state index contributed by atoms with van der Waals surface area (Å²) < 4.78 is 5.63. The van der Waals surface area contributed by atoms with Crippen molar-refractivity contribution in [3.8, 4) is 5.75 Å². The van der Waals surface area contributed by atoms with E-state index in [1.807, 2.05) is 48.5 Å². The van der Waals surface area contributed by atoms with Gasteiger partial charge in [0.15, 0.2) is 5.16 Å². The first-order valence-electron chi connectivity index (χ1n) is 7.88. The molecule has 3 aromatic rings. The number of carbonyl (C=O) groups is 1. The van der Waals surface area contributed by atoms with Crippen LogP contribution in [0.4, 0.5) is 0 Å². The lowest BCUT2D eigenvalue weighted by atomic mass is 10.0. The molecule has 1 atom stereocenters. The van der Waals surface area contributed by atoms with Gasteiger partial charge in [-0.15, -0.1) is 0 Å². The number of H-pyrrole nitrogens is 1. The lowest BCUT2D eigenvalue weighted by molar-refractivity contribution is -0.119. The highest BCUT2D eigenvalue weighted by atomic mass is 32.2. The molecule has 0 bridgehead atoms. The minimum atomic E-state index is 0.00200. The van der Waals surface area contributed by atoms with Gasteiger partial charge in [-0.25, -0.2) is 4.98 Å². The molecular weight excluding hydrogens is 322 g/mol. The zero-order chi connectivity index (χ0) is 16.4. The van der Waals surface area contributed by atoms with Gasteiger partial charge in [-0.3, -0.25) is 4.79 Å². The number of aromatic amines is 1. The third kappa shape index (κ3) is 3.10. The molecule has 0 radical (unpaired) electrons. The van der Waals surface area contributed by atoms with Gasteiger partial charge in [0.2, 0.25) is 5.91 Å². The van der Waals surface area contributed by atoms with Crippen molar-refractivity contribution in [2.24, 2.45) is 0 Å². The average Bonchev–Trinajstić information content (AvgIpc) is 3.03. The number of nitrogens with zero attached hydrogens (tertiary/aromatic N) is 1. The standard InChI is InChI=1S/C18H17N3O2S/c22-17(11-24-18-20-14-6-2-3-7-15(14)21-18)19-13-9-10-23-16-8-4-1-5-12(13)16/h1-8,13H,9-11H2,(H,19,22)(H,20,21). The Morgan fingerprint density at radius 1 is 1.25 bits per heavy atom. The first-order chi connectivity index (χ1) is 11.8. The number of rotatable bonds is 4. The monoisotopic (exact) mass is 339 g/mol. The third-order valence-corrected chi connectivity index (χ3v) is 4.87. The number of ether oxygens (including phenoxy) is 1. The number of fused-ring (bicyclic) bond motifs is 2. The molecule has 0 saturated heterocycles. The lowest BCUT2D eigenvalue weighted by Crippen LogP contribution is -2.33. The summed E-state index contributed by atoms with van der Waals surface area (Å²) in [5.41, 5.74) is 2.95. The summed E-state index contributed by atoms with van der Waals surface area (Å²) in [4.78, 5) is 20.0. The summed E-state index contributed by atoms with van der Waals surface area (Å²) in [6, 6.07) is 15.7. The number of amides is 1. The van der Waals surface area contributed by atoms with E-state index in [2.05, 4.69) is 15.3 Å². The van der Waals surface area contributed by atoms with Crippen molar-refractivity contribution in [2.45, 2.75) is 17.6 Å². The maximum Gasteiger partial charge on any atom is 0.230 e. The second-order valence-electron chi connectivity index (χ2n) is 5.64. The Morgan fingerprint density at radius 2 is 2.08 bits per heavy atom. The van der Waals surface area contributed by atoms with Crippen LogP contribution in [-0.2, 0) is 4.79 Å². The van der Waals surface area contributed by atoms with Crippen LogP contribution in [0.25, 0.3) is 11.0 Å². The number of nitrogens with one attached hydrogen (secondary N) is 2. The van der Waals surface area contributed by atoms with Crippen molar-refractivity contribution >= 4 is 28.7 Å². The van der Waals surface area contributed by atoms with Gasteiger partial charge in [-0.05, 0) is 18.2 Å². The number of hydrogen-bond donors (Lipinski definition) is 2. The highest BCUT2D eigenvalue weighted by Gasteiger charge is 2.22. The Labute approximate surface area is 143 Å². The third-order valence-electron chi connectivity index (χ3n) is 4.00. The van der Waals surface area contributed by atoms with Crippen LogP contribution in [0.3, 0.4) is 0 Å². The van der Waals surface area contributed by atoms with Crippen LogP contribution < -0.4 is 10.1 Å². The fourth-order valence-corrected chi connectivity index (χ4v) is 3.56. The molecule has 0 aliphatic carbocycles. The topological polar surface area (TPSA) is 67.0 Å². The molecule has 0 saturated carbocycles. The number of aromatic nitrogens is 2. The summed E-state index contributed by atoms with van der Waals surface area (Å²) in [5, 5.41) is 3.86. The number of para-hydroxylation sites is 3. The Kier molecular flexibility index (Phi) is 4.13. The van der Waals surface area contributed by atoms with Crippen LogP contribution in [0.2, 0.25) is 0 Å². The smallest absolute Gasteiger partial charge is 0.230 e. The second-order valence-corrected chi connectivity index (χ2v) is 6.61. The Morgan fingerprint density at radius 3 is 3.00 bits per heavy atom. The van der Waals surface area contributed by atoms with Gasteiger partial charge in [-0.1, -0.05) is 42.1 Å². The van der Waals surface area contributed by atoms with Crippen LogP contribution in [0.5, 0.6) is 5.75 Å². The van der Waals surface area contributed by atoms with E-state index < -0.39 is 0 Å². The van der Waals surface area contributed by atoms with E-state index in [0.29, 0.717) is 12.4 Å². The first-order valence-corrected chi connectivity index (χ1v) is 8.87. The van der Waals surface area contributed by atoms with E-state index in [1.165, 1.54) is 11.8 Å². The molecular formula is C18H17N3O2S. The van der Waals surface area contributed by atoms with E-state index in [9.17, 15) is 4.79 Å². The molecule has 0 spiro atoms. The quantitative estimate of drug-likeness (QED) is 0.716. The van der Waals surface area contributed by atoms with Gasteiger partial charge < -0.3 is 15.0 Å². The minimum Gasteiger partial charge on any atom is -0.493 e. The molecule has 1 unspecified atom stereocenters. The van der Waals surface area contributed by atoms with Crippen molar-refractivity contribution in [2.75, 3.05) is 12.4 Å². The number of carbonyl (C=O) groups excluding carboxylic acids is 1. The highest BCUT2D eigenvalue weighted by Crippen LogP contribution is 2.31. The van der Waals surface area contributed by atoms with Crippen LogP contribution >= 0.6 is 11.8 Å². The molecule has 5 nitrogen and oxygen atoms in total. The van der Waals surface area contributed by atoms with Crippen LogP contribution in [0, 0.1) is 0 Å². The number of thioether (sulfide) groups is 1. The van der Waals surface area contributed by atoms with Crippen molar-refractivity contribution in [3.05, 3.63) is 54.1 Å². The molecule has 4 rings (SSSR count). The predicted molar refractivity (Wildman–Crippen MR) is 94.3 cm³/mol. The summed E-state index contributed by atoms with van der Waals surface area (Å²) in [5.74, 6) is 1.19. The van der Waals surface area contributed by atoms with E-state index in [4.69, 9.17) is 4.74 Å². The van der Waals surface area contributed by atoms with E-state index in [-0.39, 0.29) is 11.9 Å². The van der Waals surface area contributed by atoms with E-state index in [1.54, 1.807) is 0 Å². The highest BCUT2D eigenvalue weighted by molar-refractivity contribution is 7.99. The number of hydrogen-bond acceptors (Lipinski definition) is 4. The van der Waals surface area contributed by atoms with Gasteiger partial charge in [0.05, 0.1) is 29.4 Å². The molecule has 6 heteroatoms. The molecule has 2 heterocycles. The molecule has 122 valence electrons. The molecule has 1 amide bonds. The van der Waals surface area contributed by atoms with Gasteiger partial charge in [0.1, 0.15) is 5.75 Å². The molecule has 0 fully saturated rings. The second kappa shape index (κ2) is 6.57. The Balaban J connectivity index is 1.39. The molecule has 1 aromatic heterocycles. The van der Waals surface area contributed by atoms with E-state index >= 15 is 0 Å². The largest absolute Gasteiger partial charge is 0.493 e. The Bertz CT molecular complexity index is 844. The average molecular weight is 339 g/mol. The van der Waals surface area contributed by atoms with Gasteiger partial charge in [-0.2, -0.15) is 0 Å². The molecule has 1 aliphatic rings. The van der Waals surface area contributed by atoms with Crippen LogP contribution in [-0.4, -0.2) is 28.2 Å². The SMILES string of the molecule is O=C(CSc1nc2ccccc2[nH]1)NC1CCOc2ccccc21. The maximum absolute atomic E-state index is 12.3. The molecule has 2 N–H and O–H groups in total. The first kappa shape index (κ1) is 15.1. The zero-order valence-electron chi connectivity index (χ0n) is 13.0. The van der Waals surface area contributed by atoms with Gasteiger partial charge >= 0.3 is 0 Å². The summed E-state index contributed by atoms with van der Waals surface area (Å²) in [7, 11) is 0. The summed E-state index contributed by atoms with van der Waals surface area (Å²) >= 11 is 1.41. The molecule has 24 heavy (non-hydrogen) atoms. The molecule has 1 aliphatic heterocycles. The predicted octanol–water partition coefficient (Wildman–Crippen LogP) is 3.30. The normalized spacial score (nSPS) is 16.4. The minimum absolute atomic E-state index is 0.00200. The summed E-state index contributed by atoms with van der Waals surface area (Å²) in [6.45, 7) is 0.624. The lowest BCUT2D eigenvalue weighted by Gasteiger charge is -2.26. The summed E-state index contributed by atoms with van der Waals surface area (Å²) in [6.07, 6.45) is 0.790. The van der Waals surface area contributed by atoms with Crippen molar-refractivity contribution in [1.82, 2.24) is 15.3 Å². The van der Waals surface area contributed by atoms with Crippen molar-refractivity contribution in [1.29, 1.82) is 0 Å². The van der Waals surface area contributed by atoms with Crippen LogP contribution in [0.1, 0.15) is 18.0 Å². The fraction of sp³-hybridized carbons (Fsp3) is 0.222. The van der Waals surface area contributed by atoms with E-state index in [0.717, 1.165) is 33.9 Å². The molecule has 2 aromatic carbocycles. The number of imidazole rings is 1. The maximum atomic E-state index is 12.3. The van der Waals surface area contributed by atoms with Crippen molar-refractivity contribution in [3.63, 3.8) is 0 Å². The fourth-order valence-electron chi connectivity index (χ4n) is 2.86. The van der Waals surface area contributed by atoms with Gasteiger partial charge in [0, 0.05) is 12.0 Å². The number of benzene rings is 2. The Hall–Kier alpha value is -2.47. The zero-order valence-corrected chi connectivity index (χ0v) is 13.8.